The summed E-state index contributed by atoms with van der Waals surface area (Å²) >= 11 is 3.65. The molecule has 0 saturated carbocycles. The number of thiophene rings is 2. The zero-order valence-corrected chi connectivity index (χ0v) is 20.5. The van der Waals surface area contributed by atoms with Gasteiger partial charge in [-0.2, -0.15) is 0 Å². The minimum Gasteiger partial charge on any atom is -0.479 e. The summed E-state index contributed by atoms with van der Waals surface area (Å²) in [5.41, 5.74) is 6.08. The van der Waals surface area contributed by atoms with Crippen molar-refractivity contribution < 1.29 is 14.6 Å². The van der Waals surface area contributed by atoms with Crippen molar-refractivity contribution in [3.63, 3.8) is 0 Å². The third kappa shape index (κ3) is 5.25. The monoisotopic (exact) mass is 489 g/mol. The van der Waals surface area contributed by atoms with Crippen LogP contribution in [0.4, 0.5) is 10.0 Å². The van der Waals surface area contributed by atoms with Crippen LogP contribution in [0.15, 0.2) is 77.5 Å². The third-order valence-electron chi connectivity index (χ3n) is 6.24. The lowest BCUT2D eigenvalue weighted by Crippen LogP contribution is -2.26. The van der Waals surface area contributed by atoms with E-state index in [9.17, 15) is 9.90 Å². The van der Waals surface area contributed by atoms with Gasteiger partial charge in [0.1, 0.15) is 0 Å². The van der Waals surface area contributed by atoms with E-state index in [1.54, 1.807) is 0 Å². The van der Waals surface area contributed by atoms with E-state index < -0.39 is 12.1 Å². The van der Waals surface area contributed by atoms with E-state index in [4.69, 9.17) is 4.74 Å². The van der Waals surface area contributed by atoms with Crippen molar-refractivity contribution >= 4 is 38.6 Å². The summed E-state index contributed by atoms with van der Waals surface area (Å²) in [6.07, 6.45) is 2.63. The van der Waals surface area contributed by atoms with Crippen LogP contribution in [0.5, 0.6) is 0 Å². The van der Waals surface area contributed by atoms with Crippen molar-refractivity contribution in [3.8, 4) is 0 Å². The molecule has 34 heavy (non-hydrogen) atoms. The van der Waals surface area contributed by atoms with E-state index in [1.165, 1.54) is 26.7 Å². The van der Waals surface area contributed by atoms with Gasteiger partial charge in [0.2, 0.25) is 0 Å². The maximum atomic E-state index is 11.7. The minimum absolute atomic E-state index is 0.293. The lowest BCUT2D eigenvalue weighted by molar-refractivity contribution is -0.151. The average molecular weight is 490 g/mol. The van der Waals surface area contributed by atoms with Crippen LogP contribution in [-0.4, -0.2) is 23.7 Å². The molecule has 0 aliphatic carbocycles. The summed E-state index contributed by atoms with van der Waals surface area (Å²) in [5, 5.41) is 16.8. The van der Waals surface area contributed by atoms with Crippen molar-refractivity contribution in [2.75, 3.05) is 11.4 Å². The number of carboxylic acids is 1. The van der Waals surface area contributed by atoms with Crippen LogP contribution in [0.3, 0.4) is 0 Å². The molecule has 2 aromatic heterocycles. The number of aryl methyl sites for hydroxylation is 2. The Morgan fingerprint density at radius 3 is 2.09 bits per heavy atom. The summed E-state index contributed by atoms with van der Waals surface area (Å²) in [5.74, 6) is -0.931. The van der Waals surface area contributed by atoms with Gasteiger partial charge in [-0.1, -0.05) is 54.6 Å². The molecule has 3 heterocycles. The number of ether oxygens (including phenoxy) is 1. The zero-order chi connectivity index (χ0) is 23.3. The van der Waals surface area contributed by atoms with Gasteiger partial charge in [-0.25, -0.2) is 4.79 Å². The molecule has 0 bridgehead atoms. The highest BCUT2D eigenvalue weighted by Crippen LogP contribution is 2.42. The molecule has 1 atom stereocenters. The number of benzene rings is 2. The maximum Gasteiger partial charge on any atom is 0.333 e. The summed E-state index contributed by atoms with van der Waals surface area (Å²) in [4.78, 5) is 14.2. The van der Waals surface area contributed by atoms with E-state index >= 15 is 0 Å². The number of fused-ring (bicyclic) bond motifs is 2. The Labute approximate surface area is 208 Å². The first-order chi connectivity index (χ1) is 16.7. The van der Waals surface area contributed by atoms with Gasteiger partial charge in [0, 0.05) is 13.0 Å². The first kappa shape index (κ1) is 22.8. The van der Waals surface area contributed by atoms with Gasteiger partial charge >= 0.3 is 5.97 Å². The van der Waals surface area contributed by atoms with E-state index in [0.29, 0.717) is 13.0 Å². The van der Waals surface area contributed by atoms with Gasteiger partial charge in [-0.05, 0) is 70.0 Å². The lowest BCUT2D eigenvalue weighted by Gasteiger charge is -2.23. The second-order valence-electron chi connectivity index (χ2n) is 8.55. The molecule has 1 unspecified atom stereocenters. The second kappa shape index (κ2) is 10.6. The smallest absolute Gasteiger partial charge is 0.333 e. The predicted molar refractivity (Wildman–Crippen MR) is 140 cm³/mol. The number of aliphatic carboxylic acids is 1. The number of hydrogen-bond donors (Lipinski definition) is 1. The minimum atomic E-state index is -0.931. The highest BCUT2D eigenvalue weighted by molar-refractivity contribution is 7.16. The molecule has 1 aliphatic heterocycles. The Morgan fingerprint density at radius 2 is 1.47 bits per heavy atom. The molecule has 0 spiro atoms. The van der Waals surface area contributed by atoms with Gasteiger partial charge in [-0.15, -0.1) is 22.7 Å². The summed E-state index contributed by atoms with van der Waals surface area (Å²) in [6.45, 7) is 1.22. The van der Waals surface area contributed by atoms with E-state index in [2.05, 4.69) is 39.9 Å². The molecule has 1 aliphatic rings. The summed E-state index contributed by atoms with van der Waals surface area (Å²) in [7, 11) is 0. The Morgan fingerprint density at radius 1 is 0.853 bits per heavy atom. The van der Waals surface area contributed by atoms with Gasteiger partial charge in [0.05, 0.1) is 16.6 Å². The van der Waals surface area contributed by atoms with Crippen molar-refractivity contribution in [2.45, 2.75) is 38.4 Å². The molecule has 5 rings (SSSR count). The van der Waals surface area contributed by atoms with Crippen LogP contribution < -0.4 is 4.90 Å². The number of carboxylic acid groups (broad SMARTS) is 1. The topological polar surface area (TPSA) is 49.8 Å². The lowest BCUT2D eigenvalue weighted by atomic mass is 10.0. The van der Waals surface area contributed by atoms with Crippen LogP contribution >= 0.6 is 22.7 Å². The van der Waals surface area contributed by atoms with Gasteiger partial charge in [0.15, 0.2) is 6.10 Å². The van der Waals surface area contributed by atoms with Crippen molar-refractivity contribution in [1.82, 2.24) is 0 Å². The fourth-order valence-corrected chi connectivity index (χ4v) is 6.40. The average Bonchev–Trinajstić information content (AvgIpc) is 3.50. The molecular formula is C28H27NO3S2. The first-order valence-electron chi connectivity index (χ1n) is 11.5. The molecule has 2 aromatic carbocycles. The van der Waals surface area contributed by atoms with E-state index in [0.717, 1.165) is 36.9 Å². The molecule has 0 saturated heterocycles. The number of anilines is 2. The molecule has 174 valence electrons. The Hall–Kier alpha value is -2.93. The van der Waals surface area contributed by atoms with Crippen LogP contribution in [-0.2, 0) is 41.8 Å². The Kier molecular flexibility index (Phi) is 7.09. The van der Waals surface area contributed by atoms with E-state index in [1.807, 2.05) is 65.1 Å². The molecule has 0 radical (unpaired) electrons. The molecule has 4 aromatic rings. The molecular weight excluding hydrogens is 462 g/mol. The van der Waals surface area contributed by atoms with Crippen LogP contribution in [0.1, 0.15) is 27.8 Å². The molecule has 6 heteroatoms. The van der Waals surface area contributed by atoms with Gasteiger partial charge in [0.25, 0.3) is 0 Å². The molecule has 1 N–H and O–H groups in total. The SMILES string of the molecule is O=C(O)C(Cc1ccc(CCN2c3sccc3CCc3ccsc32)cc1)OCc1ccccc1. The Balaban J connectivity index is 1.22. The van der Waals surface area contributed by atoms with Crippen LogP contribution in [0, 0.1) is 0 Å². The summed E-state index contributed by atoms with van der Waals surface area (Å²) < 4.78 is 5.71. The standard InChI is InChI=1S/C28H27NO3S2/c30-28(31)25(32-19-22-4-2-1-3-5-22)18-21-8-6-20(7-9-21)12-15-29-26-23(13-16-33-26)10-11-24-14-17-34-27(24)29/h1-9,13-14,16-17,25H,10-12,15,18-19H2,(H,30,31). The van der Waals surface area contributed by atoms with Crippen LogP contribution in [0.2, 0.25) is 0 Å². The quantitative estimate of drug-likeness (QED) is 0.291. The highest BCUT2D eigenvalue weighted by Gasteiger charge is 2.23. The Bertz CT molecular complexity index is 1190. The molecule has 0 amide bonds. The van der Waals surface area contributed by atoms with Crippen molar-refractivity contribution in [2.24, 2.45) is 0 Å². The maximum absolute atomic E-state index is 11.7. The fourth-order valence-electron chi connectivity index (χ4n) is 4.36. The van der Waals surface area contributed by atoms with Crippen LogP contribution in [0.25, 0.3) is 0 Å². The third-order valence-corrected chi connectivity index (χ3v) is 8.19. The number of carbonyl (C=O) groups is 1. The predicted octanol–water partition coefficient (Wildman–Crippen LogP) is 6.50. The van der Waals surface area contributed by atoms with Gasteiger partial charge < -0.3 is 14.7 Å². The van der Waals surface area contributed by atoms with Gasteiger partial charge in [-0.3, -0.25) is 0 Å². The number of hydrogen-bond acceptors (Lipinski definition) is 5. The fraction of sp³-hybridized carbons (Fsp3) is 0.250. The first-order valence-corrected chi connectivity index (χ1v) is 13.3. The van der Waals surface area contributed by atoms with Crippen molar-refractivity contribution in [1.29, 1.82) is 0 Å². The second-order valence-corrected chi connectivity index (χ2v) is 10.3. The summed E-state index contributed by atoms with van der Waals surface area (Å²) in [6, 6.07) is 22.5. The number of rotatable bonds is 9. The highest BCUT2D eigenvalue weighted by atomic mass is 32.1. The molecule has 0 fully saturated rings. The normalized spacial score (nSPS) is 13.7. The van der Waals surface area contributed by atoms with Crippen molar-refractivity contribution in [3.05, 3.63) is 105 Å². The number of nitrogens with zero attached hydrogens (tertiary/aromatic N) is 1. The molecule has 4 nitrogen and oxygen atoms in total. The zero-order valence-electron chi connectivity index (χ0n) is 18.9. The van der Waals surface area contributed by atoms with E-state index in [-0.39, 0.29) is 0 Å². The largest absolute Gasteiger partial charge is 0.479 e.